The standard InChI is InChI=1S/C18H23N.C2H6/c1-12(2)16-10-15(14-8-6-5-7-9-14)11-17(13(3)4)18(16)19;1-2/h5-13H,19H2,1-4H3;1-2H3. The second-order valence-electron chi connectivity index (χ2n) is 5.74. The molecular weight excluding hydrogens is 254 g/mol. The molecule has 0 aliphatic rings. The highest BCUT2D eigenvalue weighted by Gasteiger charge is 2.13. The largest absolute Gasteiger partial charge is 0.398 e. The second kappa shape index (κ2) is 7.87. The van der Waals surface area contributed by atoms with Crippen LogP contribution in [0.1, 0.15) is 64.5 Å². The summed E-state index contributed by atoms with van der Waals surface area (Å²) < 4.78 is 0. The molecule has 0 unspecified atom stereocenters. The molecule has 2 N–H and O–H groups in total. The fraction of sp³-hybridized carbons (Fsp3) is 0.400. The molecule has 1 heteroatoms. The minimum Gasteiger partial charge on any atom is -0.398 e. The van der Waals surface area contributed by atoms with Crippen molar-refractivity contribution in [1.82, 2.24) is 0 Å². The van der Waals surface area contributed by atoms with Gasteiger partial charge in [-0.3, -0.25) is 0 Å². The van der Waals surface area contributed by atoms with Crippen molar-refractivity contribution in [2.75, 3.05) is 5.73 Å². The molecule has 21 heavy (non-hydrogen) atoms. The molecule has 0 aliphatic carbocycles. The topological polar surface area (TPSA) is 26.0 Å². The summed E-state index contributed by atoms with van der Waals surface area (Å²) in [4.78, 5) is 0. The number of rotatable bonds is 3. The van der Waals surface area contributed by atoms with Crippen LogP contribution >= 0.6 is 0 Å². The fourth-order valence-corrected chi connectivity index (χ4v) is 2.45. The normalized spacial score (nSPS) is 10.5. The molecule has 114 valence electrons. The summed E-state index contributed by atoms with van der Waals surface area (Å²) in [6.45, 7) is 12.8. The lowest BCUT2D eigenvalue weighted by Gasteiger charge is -2.19. The SMILES string of the molecule is CC.CC(C)c1cc(-c2ccccc2)cc(C(C)C)c1N. The van der Waals surface area contributed by atoms with Crippen LogP contribution in [0.2, 0.25) is 0 Å². The molecule has 0 saturated heterocycles. The van der Waals surface area contributed by atoms with Gasteiger partial charge in [-0.05, 0) is 46.2 Å². The highest BCUT2D eigenvalue weighted by molar-refractivity contribution is 5.71. The van der Waals surface area contributed by atoms with Gasteiger partial charge >= 0.3 is 0 Å². The average molecular weight is 283 g/mol. The number of hydrogen-bond donors (Lipinski definition) is 1. The third-order valence-corrected chi connectivity index (χ3v) is 3.60. The first-order valence-electron chi connectivity index (χ1n) is 7.99. The lowest BCUT2D eigenvalue weighted by Crippen LogP contribution is -2.03. The predicted molar refractivity (Wildman–Crippen MR) is 95.8 cm³/mol. The number of nitrogens with two attached hydrogens (primary N) is 1. The first kappa shape index (κ1) is 17.3. The number of nitrogen functional groups attached to an aromatic ring is 1. The van der Waals surface area contributed by atoms with Gasteiger partial charge < -0.3 is 5.73 Å². The molecule has 2 aromatic rings. The molecule has 2 rings (SSSR count). The molecule has 0 fully saturated rings. The Morgan fingerprint density at radius 1 is 0.714 bits per heavy atom. The quantitative estimate of drug-likeness (QED) is 0.666. The highest BCUT2D eigenvalue weighted by Crippen LogP contribution is 2.35. The van der Waals surface area contributed by atoms with E-state index in [4.69, 9.17) is 5.73 Å². The van der Waals surface area contributed by atoms with Crippen LogP contribution in [0, 0.1) is 0 Å². The first-order chi connectivity index (χ1) is 10.0. The van der Waals surface area contributed by atoms with Crippen molar-refractivity contribution in [3.8, 4) is 11.1 Å². The van der Waals surface area contributed by atoms with Gasteiger partial charge in [0.1, 0.15) is 0 Å². The molecule has 0 saturated carbocycles. The lowest BCUT2D eigenvalue weighted by molar-refractivity contribution is 0.840. The molecule has 0 bridgehead atoms. The molecule has 1 nitrogen and oxygen atoms in total. The van der Waals surface area contributed by atoms with E-state index in [9.17, 15) is 0 Å². The van der Waals surface area contributed by atoms with Gasteiger partial charge in [-0.2, -0.15) is 0 Å². The zero-order valence-corrected chi connectivity index (χ0v) is 14.3. The third-order valence-electron chi connectivity index (χ3n) is 3.60. The zero-order valence-electron chi connectivity index (χ0n) is 14.3. The summed E-state index contributed by atoms with van der Waals surface area (Å²) in [6.07, 6.45) is 0. The summed E-state index contributed by atoms with van der Waals surface area (Å²) in [5.74, 6) is 0.891. The Morgan fingerprint density at radius 2 is 1.14 bits per heavy atom. The highest BCUT2D eigenvalue weighted by atomic mass is 14.6. The summed E-state index contributed by atoms with van der Waals surface area (Å²) in [5, 5.41) is 0. The molecule has 0 spiro atoms. The van der Waals surface area contributed by atoms with E-state index in [1.165, 1.54) is 22.3 Å². The molecule has 0 heterocycles. The second-order valence-corrected chi connectivity index (χ2v) is 5.74. The van der Waals surface area contributed by atoms with E-state index < -0.39 is 0 Å². The Bertz CT molecular complexity index is 524. The van der Waals surface area contributed by atoms with Gasteiger partial charge in [0, 0.05) is 5.69 Å². The van der Waals surface area contributed by atoms with E-state index in [2.05, 4.69) is 64.1 Å². The van der Waals surface area contributed by atoms with E-state index in [1.807, 2.05) is 19.9 Å². The first-order valence-corrected chi connectivity index (χ1v) is 7.99. The van der Waals surface area contributed by atoms with Crippen LogP contribution in [0.4, 0.5) is 5.69 Å². The number of benzene rings is 2. The van der Waals surface area contributed by atoms with Crippen molar-refractivity contribution in [1.29, 1.82) is 0 Å². The van der Waals surface area contributed by atoms with Gasteiger partial charge in [0.25, 0.3) is 0 Å². The minimum atomic E-state index is 0.446. The summed E-state index contributed by atoms with van der Waals surface area (Å²) >= 11 is 0. The smallest absolute Gasteiger partial charge is 0.0384 e. The summed E-state index contributed by atoms with van der Waals surface area (Å²) in [5.41, 5.74) is 12.3. The number of anilines is 1. The summed E-state index contributed by atoms with van der Waals surface area (Å²) in [6, 6.07) is 15.0. The fourth-order valence-electron chi connectivity index (χ4n) is 2.45. The Kier molecular flexibility index (Phi) is 6.48. The Hall–Kier alpha value is -1.76. The van der Waals surface area contributed by atoms with Crippen LogP contribution in [0.15, 0.2) is 42.5 Å². The van der Waals surface area contributed by atoms with Gasteiger partial charge in [-0.25, -0.2) is 0 Å². The summed E-state index contributed by atoms with van der Waals surface area (Å²) in [7, 11) is 0. The lowest BCUT2D eigenvalue weighted by atomic mass is 9.89. The van der Waals surface area contributed by atoms with Crippen molar-refractivity contribution in [3.05, 3.63) is 53.6 Å². The maximum absolute atomic E-state index is 6.33. The Morgan fingerprint density at radius 3 is 1.52 bits per heavy atom. The van der Waals surface area contributed by atoms with Crippen LogP contribution in [0.3, 0.4) is 0 Å². The van der Waals surface area contributed by atoms with Crippen molar-refractivity contribution < 1.29 is 0 Å². The maximum atomic E-state index is 6.33. The molecular formula is C20H29N. The van der Waals surface area contributed by atoms with Crippen LogP contribution in [0.5, 0.6) is 0 Å². The monoisotopic (exact) mass is 283 g/mol. The van der Waals surface area contributed by atoms with Crippen LogP contribution in [0.25, 0.3) is 11.1 Å². The molecule has 0 atom stereocenters. The molecule has 0 amide bonds. The zero-order chi connectivity index (χ0) is 16.0. The maximum Gasteiger partial charge on any atom is 0.0384 e. The van der Waals surface area contributed by atoms with E-state index in [0.717, 1.165) is 5.69 Å². The number of hydrogen-bond acceptors (Lipinski definition) is 1. The predicted octanol–water partition coefficient (Wildman–Crippen LogP) is 6.21. The van der Waals surface area contributed by atoms with Crippen LogP contribution in [-0.2, 0) is 0 Å². The van der Waals surface area contributed by atoms with Gasteiger partial charge in [-0.1, -0.05) is 71.9 Å². The van der Waals surface area contributed by atoms with E-state index in [1.54, 1.807) is 0 Å². The van der Waals surface area contributed by atoms with E-state index >= 15 is 0 Å². The van der Waals surface area contributed by atoms with Crippen molar-refractivity contribution in [3.63, 3.8) is 0 Å². The van der Waals surface area contributed by atoms with Crippen LogP contribution < -0.4 is 5.73 Å². The van der Waals surface area contributed by atoms with Crippen molar-refractivity contribution >= 4 is 5.69 Å². The molecule has 0 radical (unpaired) electrons. The van der Waals surface area contributed by atoms with Crippen LogP contribution in [-0.4, -0.2) is 0 Å². The third kappa shape index (κ3) is 4.10. The minimum absolute atomic E-state index is 0.446. The van der Waals surface area contributed by atoms with Crippen molar-refractivity contribution in [2.24, 2.45) is 0 Å². The molecule has 2 aromatic carbocycles. The van der Waals surface area contributed by atoms with Gasteiger partial charge in [0.15, 0.2) is 0 Å². The Balaban J connectivity index is 0.00000106. The van der Waals surface area contributed by atoms with E-state index in [0.29, 0.717) is 11.8 Å². The van der Waals surface area contributed by atoms with Gasteiger partial charge in [0.05, 0.1) is 0 Å². The average Bonchev–Trinajstić information content (AvgIpc) is 2.49. The van der Waals surface area contributed by atoms with Crippen molar-refractivity contribution in [2.45, 2.75) is 53.4 Å². The van der Waals surface area contributed by atoms with Gasteiger partial charge in [0.2, 0.25) is 0 Å². The Labute approximate surface area is 130 Å². The van der Waals surface area contributed by atoms with Gasteiger partial charge in [-0.15, -0.1) is 0 Å². The van der Waals surface area contributed by atoms with E-state index in [-0.39, 0.29) is 0 Å². The molecule has 0 aromatic heterocycles. The molecule has 0 aliphatic heterocycles.